The summed E-state index contributed by atoms with van der Waals surface area (Å²) >= 11 is 0. The molecule has 30 heavy (non-hydrogen) atoms. The number of phenols is 1. The van der Waals surface area contributed by atoms with Crippen molar-refractivity contribution in [3.63, 3.8) is 0 Å². The van der Waals surface area contributed by atoms with Crippen LogP contribution >= 0.6 is 0 Å². The third kappa shape index (κ3) is 3.95. The van der Waals surface area contributed by atoms with E-state index in [-0.39, 0.29) is 11.4 Å². The summed E-state index contributed by atoms with van der Waals surface area (Å²) in [5.74, 6) is -0.193. The highest BCUT2D eigenvalue weighted by Gasteiger charge is 2.12. The van der Waals surface area contributed by atoms with Crippen LogP contribution in [0.3, 0.4) is 0 Å². The van der Waals surface area contributed by atoms with Crippen LogP contribution in [-0.4, -0.2) is 25.5 Å². The minimum absolute atomic E-state index is 0.0264. The standard InChI is InChI=1S/C22H19FN4O2S/c1-14-10-18(23)20(12-21(14)28)26-22-17-11-15(8-9-19(17)24-13-25-22)27-30(2,29)16-6-4-3-5-7-16/h3-13,28H,1-2H3,(H,24,25,26)/t30-/m0/s1. The predicted molar refractivity (Wildman–Crippen MR) is 116 cm³/mol. The number of anilines is 2. The number of aromatic hydroxyl groups is 1. The molecule has 0 aliphatic rings. The van der Waals surface area contributed by atoms with Gasteiger partial charge < -0.3 is 10.4 Å². The average Bonchev–Trinajstić information content (AvgIpc) is 2.73. The maximum atomic E-state index is 14.3. The lowest BCUT2D eigenvalue weighted by Crippen LogP contribution is -1.99. The molecule has 2 N–H and O–H groups in total. The van der Waals surface area contributed by atoms with E-state index in [9.17, 15) is 13.7 Å². The van der Waals surface area contributed by atoms with Crippen molar-refractivity contribution in [1.29, 1.82) is 0 Å². The van der Waals surface area contributed by atoms with Crippen LogP contribution in [0.2, 0.25) is 0 Å². The quantitative estimate of drug-likeness (QED) is 0.465. The Morgan fingerprint density at radius 1 is 1.07 bits per heavy atom. The molecule has 0 fully saturated rings. The highest BCUT2D eigenvalue weighted by Crippen LogP contribution is 2.31. The lowest BCUT2D eigenvalue weighted by Gasteiger charge is -2.11. The summed E-state index contributed by atoms with van der Waals surface area (Å²) in [6, 6.07) is 16.8. The monoisotopic (exact) mass is 422 g/mol. The SMILES string of the molecule is Cc1cc(F)c(Nc2ncnc3ccc(N=[S@@](C)(=O)c4ccccc4)cc23)cc1O. The van der Waals surface area contributed by atoms with Crippen LogP contribution in [0.5, 0.6) is 5.75 Å². The number of aryl methyl sites for hydroxylation is 1. The number of benzene rings is 3. The van der Waals surface area contributed by atoms with Gasteiger partial charge in [0.25, 0.3) is 0 Å². The Morgan fingerprint density at radius 2 is 1.83 bits per heavy atom. The van der Waals surface area contributed by atoms with Gasteiger partial charge in [0.2, 0.25) is 0 Å². The fourth-order valence-corrected chi connectivity index (χ4v) is 4.30. The van der Waals surface area contributed by atoms with E-state index >= 15 is 0 Å². The first-order valence-corrected chi connectivity index (χ1v) is 11.0. The van der Waals surface area contributed by atoms with Crippen LogP contribution in [0.4, 0.5) is 21.6 Å². The Kier molecular flexibility index (Phi) is 5.09. The Labute approximate surface area is 173 Å². The third-order valence-electron chi connectivity index (χ3n) is 4.62. The van der Waals surface area contributed by atoms with E-state index in [1.165, 1.54) is 18.5 Å². The van der Waals surface area contributed by atoms with Gasteiger partial charge in [-0.15, -0.1) is 0 Å². The van der Waals surface area contributed by atoms with Crippen molar-refractivity contribution < 1.29 is 13.7 Å². The zero-order valence-corrected chi connectivity index (χ0v) is 17.2. The summed E-state index contributed by atoms with van der Waals surface area (Å²) in [6.07, 6.45) is 2.94. The smallest absolute Gasteiger partial charge is 0.147 e. The first kappa shape index (κ1) is 19.8. The van der Waals surface area contributed by atoms with E-state index in [0.29, 0.717) is 32.9 Å². The van der Waals surface area contributed by atoms with Gasteiger partial charge in [0.15, 0.2) is 0 Å². The molecule has 0 amide bonds. The van der Waals surface area contributed by atoms with Crippen molar-refractivity contribution in [3.8, 4) is 5.75 Å². The van der Waals surface area contributed by atoms with E-state index < -0.39 is 15.5 Å². The molecule has 0 spiro atoms. The fourth-order valence-electron chi connectivity index (χ4n) is 3.01. The van der Waals surface area contributed by atoms with E-state index in [0.717, 1.165) is 0 Å². The van der Waals surface area contributed by atoms with Crippen LogP contribution in [0, 0.1) is 12.7 Å². The maximum Gasteiger partial charge on any atom is 0.147 e. The van der Waals surface area contributed by atoms with Gasteiger partial charge in [0, 0.05) is 22.6 Å². The van der Waals surface area contributed by atoms with E-state index in [1.54, 1.807) is 43.5 Å². The van der Waals surface area contributed by atoms with E-state index in [4.69, 9.17) is 0 Å². The van der Waals surface area contributed by atoms with Crippen LogP contribution < -0.4 is 5.32 Å². The molecule has 1 atom stereocenters. The highest BCUT2D eigenvalue weighted by atomic mass is 32.2. The molecular formula is C22H19FN4O2S. The van der Waals surface area contributed by atoms with Crippen molar-refractivity contribution in [1.82, 2.24) is 9.97 Å². The topological polar surface area (TPSA) is 87.5 Å². The van der Waals surface area contributed by atoms with Gasteiger partial charge in [-0.1, -0.05) is 18.2 Å². The van der Waals surface area contributed by atoms with Crippen LogP contribution in [-0.2, 0) is 9.73 Å². The lowest BCUT2D eigenvalue weighted by atomic mass is 10.1. The Bertz CT molecular complexity index is 1370. The van der Waals surface area contributed by atoms with Crippen LogP contribution in [0.1, 0.15) is 5.56 Å². The van der Waals surface area contributed by atoms with Crippen molar-refractivity contribution in [2.45, 2.75) is 11.8 Å². The molecule has 1 heterocycles. The maximum absolute atomic E-state index is 14.3. The van der Waals surface area contributed by atoms with Crippen molar-refractivity contribution >= 4 is 37.8 Å². The Hall–Kier alpha value is -3.52. The second-order valence-corrected chi connectivity index (χ2v) is 9.13. The number of fused-ring (bicyclic) bond motifs is 1. The molecule has 0 saturated heterocycles. The van der Waals surface area contributed by atoms with Gasteiger partial charge in [-0.05, 0) is 48.9 Å². The number of nitrogens with zero attached hydrogens (tertiary/aromatic N) is 3. The fraction of sp³-hybridized carbons (Fsp3) is 0.0909. The van der Waals surface area contributed by atoms with Crippen molar-refractivity contribution in [2.75, 3.05) is 11.6 Å². The number of hydrogen-bond donors (Lipinski definition) is 2. The summed E-state index contributed by atoms with van der Waals surface area (Å²) in [7, 11) is -2.65. The molecule has 0 bridgehead atoms. The molecule has 8 heteroatoms. The molecule has 1 aromatic heterocycles. The summed E-state index contributed by atoms with van der Waals surface area (Å²) in [5, 5.41) is 13.4. The number of halogens is 1. The number of phenolic OH excluding ortho intramolecular Hbond substituents is 1. The zero-order valence-electron chi connectivity index (χ0n) is 16.3. The van der Waals surface area contributed by atoms with Crippen LogP contribution in [0.25, 0.3) is 10.9 Å². The minimum atomic E-state index is -2.65. The second kappa shape index (κ2) is 7.72. The molecule has 152 valence electrons. The number of hydrogen-bond acceptors (Lipinski definition) is 6. The average molecular weight is 422 g/mol. The molecular weight excluding hydrogens is 403 g/mol. The van der Waals surface area contributed by atoms with Gasteiger partial charge in [0.1, 0.15) is 23.7 Å². The molecule has 0 saturated carbocycles. The predicted octanol–water partition coefficient (Wildman–Crippen LogP) is 5.31. The highest BCUT2D eigenvalue weighted by molar-refractivity contribution is 7.93. The summed E-state index contributed by atoms with van der Waals surface area (Å²) in [4.78, 5) is 9.06. The number of rotatable bonds is 4. The molecule has 0 aliphatic heterocycles. The first-order valence-electron chi connectivity index (χ1n) is 9.11. The lowest BCUT2D eigenvalue weighted by molar-refractivity contribution is 0.469. The Balaban J connectivity index is 1.79. The zero-order chi connectivity index (χ0) is 21.3. The van der Waals surface area contributed by atoms with Gasteiger partial charge in [-0.2, -0.15) is 4.36 Å². The summed E-state index contributed by atoms with van der Waals surface area (Å²) in [6.45, 7) is 1.62. The van der Waals surface area contributed by atoms with Crippen LogP contribution in [0.15, 0.2) is 76.2 Å². The van der Waals surface area contributed by atoms with Gasteiger partial charge in [-0.3, -0.25) is 0 Å². The van der Waals surface area contributed by atoms with Crippen molar-refractivity contribution in [3.05, 3.63) is 78.4 Å². The van der Waals surface area contributed by atoms with E-state index in [1.807, 2.05) is 18.2 Å². The number of nitrogens with one attached hydrogen (secondary N) is 1. The normalized spacial score (nSPS) is 13.0. The first-order chi connectivity index (χ1) is 14.3. The Morgan fingerprint density at radius 3 is 2.60 bits per heavy atom. The van der Waals surface area contributed by atoms with E-state index in [2.05, 4.69) is 19.6 Å². The number of aromatic nitrogens is 2. The largest absolute Gasteiger partial charge is 0.508 e. The molecule has 0 aliphatic carbocycles. The van der Waals surface area contributed by atoms with Gasteiger partial charge >= 0.3 is 0 Å². The molecule has 6 nitrogen and oxygen atoms in total. The van der Waals surface area contributed by atoms with Gasteiger partial charge in [-0.25, -0.2) is 18.6 Å². The molecule has 4 rings (SSSR count). The summed E-state index contributed by atoms with van der Waals surface area (Å²) < 4.78 is 31.9. The molecule has 4 aromatic rings. The van der Waals surface area contributed by atoms with Crippen molar-refractivity contribution in [2.24, 2.45) is 4.36 Å². The summed E-state index contributed by atoms with van der Waals surface area (Å²) in [5.41, 5.74) is 1.63. The molecule has 0 radical (unpaired) electrons. The third-order valence-corrected chi connectivity index (χ3v) is 6.32. The van der Waals surface area contributed by atoms with Gasteiger partial charge in [0.05, 0.1) is 26.6 Å². The minimum Gasteiger partial charge on any atom is -0.508 e. The molecule has 0 unspecified atom stereocenters. The molecule has 3 aromatic carbocycles. The second-order valence-electron chi connectivity index (χ2n) is 6.87.